The Morgan fingerprint density at radius 1 is 1.21 bits per heavy atom. The van der Waals surface area contributed by atoms with Crippen molar-refractivity contribution >= 4 is 17.1 Å². The maximum absolute atomic E-state index is 13.4. The van der Waals surface area contributed by atoms with Crippen molar-refractivity contribution in [3.63, 3.8) is 0 Å². The summed E-state index contributed by atoms with van der Waals surface area (Å²) < 4.78 is 18.6. The van der Waals surface area contributed by atoms with Crippen LogP contribution >= 0.6 is 0 Å². The number of hydrogen-bond acceptors (Lipinski definition) is 3. The molecular formula is C15H15FN2O. The first-order valence-corrected chi connectivity index (χ1v) is 6.18. The van der Waals surface area contributed by atoms with Crippen LogP contribution in [-0.2, 0) is 6.42 Å². The summed E-state index contributed by atoms with van der Waals surface area (Å²) in [5, 5.41) is 0. The maximum atomic E-state index is 13.4. The van der Waals surface area contributed by atoms with E-state index in [0.29, 0.717) is 11.4 Å². The van der Waals surface area contributed by atoms with Gasteiger partial charge < -0.3 is 15.4 Å². The summed E-state index contributed by atoms with van der Waals surface area (Å²) in [6.07, 6.45) is 0.909. The molecule has 0 atom stereocenters. The lowest BCUT2D eigenvalue weighted by atomic mass is 10.1. The molecule has 0 amide bonds. The van der Waals surface area contributed by atoms with Crippen molar-refractivity contribution in [3.8, 4) is 5.75 Å². The van der Waals surface area contributed by atoms with Gasteiger partial charge in [-0.25, -0.2) is 4.39 Å². The third-order valence-electron chi connectivity index (χ3n) is 3.40. The molecule has 0 saturated carbocycles. The van der Waals surface area contributed by atoms with Gasteiger partial charge in [0.25, 0.3) is 0 Å². The van der Waals surface area contributed by atoms with Crippen LogP contribution in [0.5, 0.6) is 5.75 Å². The number of halogens is 1. The molecular weight excluding hydrogens is 243 g/mol. The molecule has 0 aliphatic carbocycles. The minimum atomic E-state index is -0.221. The monoisotopic (exact) mass is 258 g/mol. The highest BCUT2D eigenvalue weighted by atomic mass is 19.1. The highest BCUT2D eigenvalue weighted by Gasteiger charge is 2.21. The molecule has 3 rings (SSSR count). The fourth-order valence-corrected chi connectivity index (χ4v) is 2.50. The van der Waals surface area contributed by atoms with Crippen molar-refractivity contribution in [2.75, 3.05) is 24.3 Å². The third-order valence-corrected chi connectivity index (χ3v) is 3.40. The molecule has 0 saturated heterocycles. The summed E-state index contributed by atoms with van der Waals surface area (Å²) in [5.41, 5.74) is 9.51. The van der Waals surface area contributed by atoms with Crippen LogP contribution in [-0.4, -0.2) is 13.7 Å². The van der Waals surface area contributed by atoms with Crippen LogP contribution in [0.2, 0.25) is 0 Å². The molecule has 3 nitrogen and oxygen atoms in total. The summed E-state index contributed by atoms with van der Waals surface area (Å²) in [4.78, 5) is 2.07. The quantitative estimate of drug-likeness (QED) is 0.841. The second kappa shape index (κ2) is 4.46. The number of benzene rings is 2. The Labute approximate surface area is 111 Å². The molecule has 98 valence electrons. The van der Waals surface area contributed by atoms with Crippen LogP contribution in [0.15, 0.2) is 36.4 Å². The number of nitrogens with two attached hydrogens (primary N) is 1. The van der Waals surface area contributed by atoms with Gasteiger partial charge in [0.1, 0.15) is 11.6 Å². The zero-order valence-corrected chi connectivity index (χ0v) is 10.7. The number of rotatable bonds is 2. The smallest absolute Gasteiger partial charge is 0.125 e. The van der Waals surface area contributed by atoms with Crippen LogP contribution in [0.1, 0.15) is 5.56 Å². The Morgan fingerprint density at radius 2 is 2.05 bits per heavy atom. The number of fused-ring (bicyclic) bond motifs is 1. The Morgan fingerprint density at radius 3 is 2.84 bits per heavy atom. The first-order valence-electron chi connectivity index (χ1n) is 6.18. The lowest BCUT2D eigenvalue weighted by Gasteiger charge is -2.20. The zero-order chi connectivity index (χ0) is 13.4. The molecule has 1 aliphatic rings. The second-order valence-electron chi connectivity index (χ2n) is 4.64. The fourth-order valence-electron chi connectivity index (χ4n) is 2.50. The molecule has 0 radical (unpaired) electrons. The summed E-state index contributed by atoms with van der Waals surface area (Å²) in [7, 11) is 1.61. The van der Waals surface area contributed by atoms with Gasteiger partial charge in [-0.3, -0.25) is 0 Å². The van der Waals surface area contributed by atoms with E-state index in [1.54, 1.807) is 19.2 Å². The summed E-state index contributed by atoms with van der Waals surface area (Å²) >= 11 is 0. The van der Waals surface area contributed by atoms with E-state index >= 15 is 0 Å². The largest absolute Gasteiger partial charge is 0.497 e. The highest BCUT2D eigenvalue weighted by molar-refractivity contribution is 5.73. The minimum Gasteiger partial charge on any atom is -0.497 e. The Bertz CT molecular complexity index is 628. The minimum absolute atomic E-state index is 0.221. The molecule has 1 heterocycles. The van der Waals surface area contributed by atoms with Gasteiger partial charge >= 0.3 is 0 Å². The number of methoxy groups -OCH3 is 1. The molecule has 2 aromatic rings. The van der Waals surface area contributed by atoms with Gasteiger partial charge in [-0.1, -0.05) is 6.07 Å². The van der Waals surface area contributed by atoms with Gasteiger partial charge in [-0.2, -0.15) is 0 Å². The average molecular weight is 258 g/mol. The average Bonchev–Trinajstić information content (AvgIpc) is 2.80. The van der Waals surface area contributed by atoms with Crippen molar-refractivity contribution in [3.05, 3.63) is 47.8 Å². The third kappa shape index (κ3) is 2.10. The maximum Gasteiger partial charge on any atom is 0.125 e. The van der Waals surface area contributed by atoms with Crippen LogP contribution in [0.25, 0.3) is 0 Å². The Hall–Kier alpha value is -2.23. The van der Waals surface area contributed by atoms with Gasteiger partial charge in [0, 0.05) is 35.7 Å². The van der Waals surface area contributed by atoms with Gasteiger partial charge in [0.15, 0.2) is 0 Å². The molecule has 2 aromatic carbocycles. The number of nitrogen functional groups attached to an aromatic ring is 1. The molecule has 0 spiro atoms. The van der Waals surface area contributed by atoms with Crippen molar-refractivity contribution in [2.24, 2.45) is 0 Å². The Balaban J connectivity index is 2.06. The van der Waals surface area contributed by atoms with Gasteiger partial charge in [0.2, 0.25) is 0 Å². The fraction of sp³-hybridized carbons (Fsp3) is 0.200. The molecule has 0 unspecified atom stereocenters. The van der Waals surface area contributed by atoms with Crippen LogP contribution in [0.4, 0.5) is 21.5 Å². The Kier molecular flexibility index (Phi) is 2.78. The van der Waals surface area contributed by atoms with E-state index in [4.69, 9.17) is 10.5 Å². The first-order chi connectivity index (χ1) is 9.17. The highest BCUT2D eigenvalue weighted by Crippen LogP contribution is 2.37. The topological polar surface area (TPSA) is 38.5 Å². The number of nitrogens with zero attached hydrogens (tertiary/aromatic N) is 1. The summed E-state index contributed by atoms with van der Waals surface area (Å²) in [6, 6.07) is 10.5. The van der Waals surface area contributed by atoms with Crippen LogP contribution < -0.4 is 15.4 Å². The SMILES string of the molecule is COc1cc(N)cc(N2CCc3ccc(F)cc32)c1. The van der Waals surface area contributed by atoms with Crippen LogP contribution in [0.3, 0.4) is 0 Å². The van der Waals surface area contributed by atoms with E-state index in [2.05, 4.69) is 4.90 Å². The van der Waals surface area contributed by atoms with Crippen molar-refractivity contribution in [1.82, 2.24) is 0 Å². The van der Waals surface area contributed by atoms with E-state index in [-0.39, 0.29) is 5.82 Å². The molecule has 1 aliphatic heterocycles. The van der Waals surface area contributed by atoms with Gasteiger partial charge in [0.05, 0.1) is 7.11 Å². The normalized spacial score (nSPS) is 13.5. The standard InChI is InChI=1S/C15H15FN2O/c1-19-14-8-12(17)7-13(9-14)18-5-4-10-2-3-11(16)6-15(10)18/h2-3,6-9H,4-5,17H2,1H3. The number of ether oxygens (including phenoxy) is 1. The summed E-state index contributed by atoms with van der Waals surface area (Å²) in [6.45, 7) is 0.825. The lowest BCUT2D eigenvalue weighted by molar-refractivity contribution is 0.415. The van der Waals surface area contributed by atoms with Crippen molar-refractivity contribution in [1.29, 1.82) is 0 Å². The molecule has 0 fully saturated rings. The van der Waals surface area contributed by atoms with E-state index in [9.17, 15) is 4.39 Å². The molecule has 0 aromatic heterocycles. The first kappa shape index (κ1) is 11.8. The van der Waals surface area contributed by atoms with E-state index in [1.807, 2.05) is 18.2 Å². The number of anilines is 3. The molecule has 19 heavy (non-hydrogen) atoms. The molecule has 4 heteroatoms. The van der Waals surface area contributed by atoms with E-state index in [0.717, 1.165) is 29.9 Å². The lowest BCUT2D eigenvalue weighted by Crippen LogP contribution is -2.13. The molecule has 2 N–H and O–H groups in total. The van der Waals surface area contributed by atoms with E-state index < -0.39 is 0 Å². The zero-order valence-electron chi connectivity index (χ0n) is 10.7. The predicted molar refractivity (Wildman–Crippen MR) is 74.5 cm³/mol. The van der Waals surface area contributed by atoms with Gasteiger partial charge in [-0.15, -0.1) is 0 Å². The predicted octanol–water partition coefficient (Wildman–Crippen LogP) is 3.11. The summed E-state index contributed by atoms with van der Waals surface area (Å²) in [5.74, 6) is 0.487. The van der Waals surface area contributed by atoms with Gasteiger partial charge in [-0.05, 0) is 30.2 Å². The second-order valence-corrected chi connectivity index (χ2v) is 4.64. The van der Waals surface area contributed by atoms with E-state index in [1.165, 1.54) is 6.07 Å². The van der Waals surface area contributed by atoms with Crippen molar-refractivity contribution < 1.29 is 9.13 Å². The van der Waals surface area contributed by atoms with Crippen molar-refractivity contribution in [2.45, 2.75) is 6.42 Å². The van der Waals surface area contributed by atoms with Crippen LogP contribution in [0, 0.1) is 5.82 Å². The number of hydrogen-bond donors (Lipinski definition) is 1. The molecule has 0 bridgehead atoms.